The van der Waals surface area contributed by atoms with Gasteiger partial charge in [-0.2, -0.15) is 0 Å². The molecule has 1 amide bonds. The van der Waals surface area contributed by atoms with Crippen LogP contribution in [0.5, 0.6) is 0 Å². The number of rotatable bonds is 6. The molecule has 0 aliphatic carbocycles. The number of ketones is 1. The fourth-order valence-electron chi connectivity index (χ4n) is 2.78. The first-order chi connectivity index (χ1) is 14.6. The van der Waals surface area contributed by atoms with E-state index in [-0.39, 0.29) is 17.5 Å². The minimum Gasteiger partial charge on any atom is -0.459 e. The molecule has 2 heterocycles. The SMILES string of the molecule is O=C(C=Cc1ccc(-c2ccc(Br)cc2)o1)c1ccc(NC(=O)c2ccco2)cc1. The average molecular weight is 462 g/mol. The van der Waals surface area contributed by atoms with Crippen LogP contribution in [0.2, 0.25) is 0 Å². The Bertz CT molecular complexity index is 1190. The van der Waals surface area contributed by atoms with Gasteiger partial charge in [0, 0.05) is 21.3 Å². The van der Waals surface area contributed by atoms with E-state index in [1.54, 1.807) is 42.5 Å². The molecule has 5 nitrogen and oxygen atoms in total. The Balaban J connectivity index is 1.39. The molecule has 0 saturated heterocycles. The molecule has 2 aromatic carbocycles. The van der Waals surface area contributed by atoms with E-state index in [4.69, 9.17) is 8.83 Å². The minimum absolute atomic E-state index is 0.166. The quantitative estimate of drug-likeness (QED) is 0.264. The second kappa shape index (κ2) is 8.80. The number of anilines is 1. The number of amides is 1. The van der Waals surface area contributed by atoms with Gasteiger partial charge in [0.15, 0.2) is 11.5 Å². The van der Waals surface area contributed by atoms with E-state index < -0.39 is 0 Å². The van der Waals surface area contributed by atoms with Gasteiger partial charge in [-0.25, -0.2) is 0 Å². The van der Waals surface area contributed by atoms with Gasteiger partial charge in [-0.15, -0.1) is 0 Å². The van der Waals surface area contributed by atoms with Crippen LogP contribution in [0.25, 0.3) is 17.4 Å². The Morgan fingerprint density at radius 3 is 2.37 bits per heavy atom. The molecule has 0 aliphatic rings. The third-order valence-corrected chi connectivity index (χ3v) is 4.86. The van der Waals surface area contributed by atoms with Gasteiger partial charge < -0.3 is 14.2 Å². The molecule has 1 N–H and O–H groups in total. The number of benzene rings is 2. The number of carbonyl (C=O) groups excluding carboxylic acids is 2. The highest BCUT2D eigenvalue weighted by Gasteiger charge is 2.09. The van der Waals surface area contributed by atoms with Crippen LogP contribution < -0.4 is 5.32 Å². The predicted molar refractivity (Wildman–Crippen MR) is 118 cm³/mol. The third kappa shape index (κ3) is 4.67. The second-order valence-electron chi connectivity index (χ2n) is 6.42. The standard InChI is InChI=1S/C24H16BrNO4/c25-18-7-3-17(4-8-18)22-14-12-20(30-22)11-13-21(27)16-5-9-19(10-6-16)26-24(28)23-2-1-15-29-23/h1-15H,(H,26,28). The number of furan rings is 2. The van der Waals surface area contributed by atoms with E-state index in [9.17, 15) is 9.59 Å². The van der Waals surface area contributed by atoms with Gasteiger partial charge in [-0.05, 0) is 72.8 Å². The van der Waals surface area contributed by atoms with E-state index in [2.05, 4.69) is 21.2 Å². The van der Waals surface area contributed by atoms with E-state index >= 15 is 0 Å². The summed E-state index contributed by atoms with van der Waals surface area (Å²) in [6, 6.07) is 21.3. The third-order valence-electron chi connectivity index (χ3n) is 4.33. The zero-order chi connectivity index (χ0) is 20.9. The molecule has 0 fully saturated rings. The number of nitrogens with one attached hydrogen (secondary N) is 1. The lowest BCUT2D eigenvalue weighted by atomic mass is 10.1. The molecule has 0 bridgehead atoms. The first-order valence-electron chi connectivity index (χ1n) is 9.11. The summed E-state index contributed by atoms with van der Waals surface area (Å²) >= 11 is 3.41. The Labute approximate surface area is 181 Å². The molecule has 4 rings (SSSR count). The van der Waals surface area contributed by atoms with Gasteiger partial charge in [-0.1, -0.05) is 28.1 Å². The molecule has 2 aromatic heterocycles. The van der Waals surface area contributed by atoms with Gasteiger partial charge in [0.1, 0.15) is 11.5 Å². The summed E-state index contributed by atoms with van der Waals surface area (Å²) in [4.78, 5) is 24.4. The number of hydrogen-bond acceptors (Lipinski definition) is 4. The minimum atomic E-state index is -0.349. The fourth-order valence-corrected chi connectivity index (χ4v) is 3.05. The Kier molecular flexibility index (Phi) is 5.77. The first-order valence-corrected chi connectivity index (χ1v) is 9.91. The molecular weight excluding hydrogens is 446 g/mol. The van der Waals surface area contributed by atoms with E-state index in [0.717, 1.165) is 15.8 Å². The zero-order valence-corrected chi connectivity index (χ0v) is 17.3. The van der Waals surface area contributed by atoms with Gasteiger partial charge in [-0.3, -0.25) is 9.59 Å². The summed E-state index contributed by atoms with van der Waals surface area (Å²) < 4.78 is 11.8. The number of carbonyl (C=O) groups is 2. The van der Waals surface area contributed by atoms with Gasteiger partial charge in [0.2, 0.25) is 0 Å². The molecule has 6 heteroatoms. The van der Waals surface area contributed by atoms with E-state index in [0.29, 0.717) is 17.0 Å². The monoisotopic (exact) mass is 461 g/mol. The molecule has 0 aliphatic heterocycles. The van der Waals surface area contributed by atoms with Crippen molar-refractivity contribution in [3.63, 3.8) is 0 Å². The van der Waals surface area contributed by atoms with Crippen LogP contribution in [0.4, 0.5) is 5.69 Å². The van der Waals surface area contributed by atoms with Crippen molar-refractivity contribution >= 4 is 39.4 Å². The average Bonchev–Trinajstić information content (AvgIpc) is 3.45. The molecule has 148 valence electrons. The van der Waals surface area contributed by atoms with Crippen molar-refractivity contribution in [3.05, 3.63) is 107 Å². The maximum absolute atomic E-state index is 12.4. The van der Waals surface area contributed by atoms with Gasteiger partial charge in [0.25, 0.3) is 5.91 Å². The molecule has 30 heavy (non-hydrogen) atoms. The predicted octanol–water partition coefficient (Wildman–Crippen LogP) is 6.45. The summed E-state index contributed by atoms with van der Waals surface area (Å²) in [5, 5.41) is 2.71. The van der Waals surface area contributed by atoms with Crippen molar-refractivity contribution < 1.29 is 18.4 Å². The fraction of sp³-hybridized carbons (Fsp3) is 0. The molecule has 0 saturated carbocycles. The first kappa shape index (κ1) is 19.7. The number of allylic oxidation sites excluding steroid dienone is 1. The Hall–Kier alpha value is -3.64. The van der Waals surface area contributed by atoms with Crippen molar-refractivity contribution in [2.24, 2.45) is 0 Å². The van der Waals surface area contributed by atoms with Crippen LogP contribution in [0.3, 0.4) is 0 Å². The lowest BCUT2D eigenvalue weighted by Gasteiger charge is -2.03. The van der Waals surface area contributed by atoms with E-state index in [1.807, 2.05) is 36.4 Å². The van der Waals surface area contributed by atoms with Crippen LogP contribution in [-0.4, -0.2) is 11.7 Å². The summed E-state index contributed by atoms with van der Waals surface area (Å²) in [5.41, 5.74) is 2.03. The Morgan fingerprint density at radius 2 is 1.67 bits per heavy atom. The normalized spacial score (nSPS) is 11.0. The molecule has 0 spiro atoms. The second-order valence-corrected chi connectivity index (χ2v) is 7.33. The highest BCUT2D eigenvalue weighted by molar-refractivity contribution is 9.10. The lowest BCUT2D eigenvalue weighted by molar-refractivity contribution is 0.0996. The molecule has 0 radical (unpaired) electrons. The topological polar surface area (TPSA) is 72.5 Å². The van der Waals surface area contributed by atoms with E-state index in [1.165, 1.54) is 12.3 Å². The Morgan fingerprint density at radius 1 is 0.900 bits per heavy atom. The van der Waals surface area contributed by atoms with Crippen LogP contribution >= 0.6 is 15.9 Å². The largest absolute Gasteiger partial charge is 0.459 e. The summed E-state index contributed by atoms with van der Waals surface area (Å²) in [7, 11) is 0. The summed E-state index contributed by atoms with van der Waals surface area (Å²) in [5.74, 6) is 1.02. The number of hydrogen-bond donors (Lipinski definition) is 1. The van der Waals surface area contributed by atoms with Crippen molar-refractivity contribution in [1.82, 2.24) is 0 Å². The highest BCUT2D eigenvalue weighted by Crippen LogP contribution is 2.24. The van der Waals surface area contributed by atoms with Crippen LogP contribution in [-0.2, 0) is 0 Å². The maximum Gasteiger partial charge on any atom is 0.291 e. The van der Waals surface area contributed by atoms with Gasteiger partial charge in [0.05, 0.1) is 6.26 Å². The zero-order valence-electron chi connectivity index (χ0n) is 15.7. The summed E-state index contributed by atoms with van der Waals surface area (Å²) in [6.07, 6.45) is 4.53. The maximum atomic E-state index is 12.4. The van der Waals surface area contributed by atoms with Crippen molar-refractivity contribution in [1.29, 1.82) is 0 Å². The van der Waals surface area contributed by atoms with Crippen molar-refractivity contribution in [3.8, 4) is 11.3 Å². The highest BCUT2D eigenvalue weighted by atomic mass is 79.9. The molecule has 0 atom stereocenters. The smallest absolute Gasteiger partial charge is 0.291 e. The van der Waals surface area contributed by atoms with Gasteiger partial charge >= 0.3 is 0 Å². The molecule has 4 aromatic rings. The summed E-state index contributed by atoms with van der Waals surface area (Å²) in [6.45, 7) is 0. The number of halogens is 1. The van der Waals surface area contributed by atoms with Crippen LogP contribution in [0.1, 0.15) is 26.7 Å². The van der Waals surface area contributed by atoms with Crippen molar-refractivity contribution in [2.75, 3.05) is 5.32 Å². The van der Waals surface area contributed by atoms with Crippen LogP contribution in [0, 0.1) is 0 Å². The van der Waals surface area contributed by atoms with Crippen molar-refractivity contribution in [2.45, 2.75) is 0 Å². The van der Waals surface area contributed by atoms with Crippen LogP contribution in [0.15, 0.2) is 98.4 Å². The molecule has 0 unspecified atom stereocenters. The lowest BCUT2D eigenvalue weighted by Crippen LogP contribution is -2.10. The molecular formula is C24H16BrNO4.